The molecule has 2 aliphatic rings. The van der Waals surface area contributed by atoms with Gasteiger partial charge in [0.1, 0.15) is 5.82 Å². The second-order valence-electron chi connectivity index (χ2n) is 5.39. The Labute approximate surface area is 137 Å². The molecule has 0 radical (unpaired) electrons. The fourth-order valence-corrected chi connectivity index (χ4v) is 3.21. The molecule has 1 aromatic carbocycles. The van der Waals surface area contributed by atoms with E-state index in [-0.39, 0.29) is 5.97 Å². The molecule has 0 unspecified atom stereocenters. The average Bonchev–Trinajstić information content (AvgIpc) is 3.32. The molecular formula is C16H17BrFNO3. The number of methoxy groups -OCH3 is 1. The van der Waals surface area contributed by atoms with Crippen molar-refractivity contribution in [2.24, 2.45) is 0 Å². The van der Waals surface area contributed by atoms with E-state index >= 15 is 0 Å². The Kier molecular flexibility index (Phi) is 4.12. The Bertz CT molecular complexity index is 655. The Morgan fingerprint density at radius 2 is 2.23 bits per heavy atom. The van der Waals surface area contributed by atoms with Crippen LogP contribution in [0, 0.1) is 5.82 Å². The summed E-state index contributed by atoms with van der Waals surface area (Å²) < 4.78 is 24.9. The molecule has 118 valence electrons. The third-order valence-corrected chi connectivity index (χ3v) is 4.61. The predicted molar refractivity (Wildman–Crippen MR) is 85.6 cm³/mol. The number of rotatable bonds is 4. The Morgan fingerprint density at radius 1 is 1.50 bits per heavy atom. The number of anilines is 1. The fraction of sp³-hybridized carbons (Fsp3) is 0.438. The summed E-state index contributed by atoms with van der Waals surface area (Å²) in [5, 5.41) is 0. The summed E-state index contributed by atoms with van der Waals surface area (Å²) in [4.78, 5) is 14.2. The highest BCUT2D eigenvalue weighted by molar-refractivity contribution is 9.10. The average molecular weight is 370 g/mol. The molecule has 0 spiro atoms. The Hall–Kier alpha value is -1.56. The van der Waals surface area contributed by atoms with Crippen LogP contribution in [0.25, 0.3) is 6.08 Å². The standard InChI is InChI=1S/C16H17BrFNO3/c1-3-22-16(20)10-6-9-7-12(18)13(17)15(21-2)14(9)19(8-10)11-4-5-11/h6-7,11H,3-5,8H2,1-2H3. The number of hydrogen-bond acceptors (Lipinski definition) is 4. The molecule has 0 saturated heterocycles. The quantitative estimate of drug-likeness (QED) is 0.761. The van der Waals surface area contributed by atoms with Crippen molar-refractivity contribution < 1.29 is 18.7 Å². The Balaban J connectivity index is 2.12. The lowest BCUT2D eigenvalue weighted by atomic mass is 10.0. The summed E-state index contributed by atoms with van der Waals surface area (Å²) in [6.07, 6.45) is 3.83. The van der Waals surface area contributed by atoms with Gasteiger partial charge in [-0.1, -0.05) is 0 Å². The molecule has 1 fully saturated rings. The summed E-state index contributed by atoms with van der Waals surface area (Å²) in [7, 11) is 1.52. The molecule has 0 bridgehead atoms. The van der Waals surface area contributed by atoms with Gasteiger partial charge in [0.05, 0.1) is 36.0 Å². The van der Waals surface area contributed by atoms with E-state index in [1.807, 2.05) is 0 Å². The van der Waals surface area contributed by atoms with Crippen LogP contribution in [0.3, 0.4) is 0 Å². The summed E-state index contributed by atoms with van der Waals surface area (Å²) in [6, 6.07) is 1.79. The van der Waals surface area contributed by atoms with Crippen LogP contribution in [0.15, 0.2) is 16.1 Å². The summed E-state index contributed by atoms with van der Waals surface area (Å²) >= 11 is 3.25. The van der Waals surface area contributed by atoms with Gasteiger partial charge in [0.2, 0.25) is 0 Å². The van der Waals surface area contributed by atoms with Crippen molar-refractivity contribution in [1.82, 2.24) is 0 Å². The number of carbonyl (C=O) groups excluding carboxylic acids is 1. The molecule has 4 nitrogen and oxygen atoms in total. The number of hydrogen-bond donors (Lipinski definition) is 0. The van der Waals surface area contributed by atoms with Crippen molar-refractivity contribution in [3.05, 3.63) is 27.5 Å². The number of esters is 1. The SMILES string of the molecule is CCOC(=O)C1=Cc2cc(F)c(Br)c(OC)c2N(C2CC2)C1. The zero-order chi connectivity index (χ0) is 15.9. The molecule has 1 aliphatic heterocycles. The molecule has 0 aromatic heterocycles. The lowest BCUT2D eigenvalue weighted by Gasteiger charge is -2.32. The minimum atomic E-state index is -0.410. The van der Waals surface area contributed by atoms with Crippen LogP contribution in [0.1, 0.15) is 25.3 Å². The molecule has 22 heavy (non-hydrogen) atoms. The van der Waals surface area contributed by atoms with Crippen LogP contribution < -0.4 is 9.64 Å². The van der Waals surface area contributed by atoms with Gasteiger partial charge in [-0.3, -0.25) is 0 Å². The normalized spacial score (nSPS) is 16.9. The second kappa shape index (κ2) is 5.91. The maximum absolute atomic E-state index is 14.1. The molecule has 0 amide bonds. The molecule has 6 heteroatoms. The van der Waals surface area contributed by atoms with Gasteiger partial charge in [-0.05, 0) is 47.8 Å². The molecule has 1 aliphatic carbocycles. The summed E-state index contributed by atoms with van der Waals surface area (Å²) in [5.41, 5.74) is 2.04. The maximum Gasteiger partial charge on any atom is 0.335 e. The van der Waals surface area contributed by atoms with Gasteiger partial charge < -0.3 is 14.4 Å². The van der Waals surface area contributed by atoms with Gasteiger partial charge in [0.15, 0.2) is 5.75 Å². The molecule has 1 aromatic rings. The van der Waals surface area contributed by atoms with Crippen LogP contribution in [-0.4, -0.2) is 32.3 Å². The van der Waals surface area contributed by atoms with Crippen LogP contribution in [0.5, 0.6) is 5.75 Å². The van der Waals surface area contributed by atoms with Crippen molar-refractivity contribution in [2.75, 3.05) is 25.2 Å². The third kappa shape index (κ3) is 2.60. The van der Waals surface area contributed by atoms with E-state index in [9.17, 15) is 9.18 Å². The van der Waals surface area contributed by atoms with Gasteiger partial charge in [-0.2, -0.15) is 0 Å². The van der Waals surface area contributed by atoms with Crippen molar-refractivity contribution >= 4 is 33.7 Å². The van der Waals surface area contributed by atoms with E-state index in [0.29, 0.717) is 40.6 Å². The monoisotopic (exact) mass is 369 g/mol. The highest BCUT2D eigenvalue weighted by atomic mass is 79.9. The van der Waals surface area contributed by atoms with E-state index in [2.05, 4.69) is 20.8 Å². The van der Waals surface area contributed by atoms with Gasteiger partial charge in [0, 0.05) is 11.6 Å². The second-order valence-corrected chi connectivity index (χ2v) is 6.19. The van der Waals surface area contributed by atoms with Gasteiger partial charge in [0.25, 0.3) is 0 Å². The number of benzene rings is 1. The number of halogens is 2. The minimum absolute atomic E-state index is 0.312. The van der Waals surface area contributed by atoms with Crippen molar-refractivity contribution in [3.8, 4) is 5.75 Å². The molecule has 1 saturated carbocycles. The molecule has 1 heterocycles. The molecular weight excluding hydrogens is 353 g/mol. The fourth-order valence-electron chi connectivity index (χ4n) is 2.75. The third-order valence-electron chi connectivity index (χ3n) is 3.87. The van der Waals surface area contributed by atoms with E-state index in [1.54, 1.807) is 13.0 Å². The zero-order valence-corrected chi connectivity index (χ0v) is 14.1. The van der Waals surface area contributed by atoms with Crippen molar-refractivity contribution in [2.45, 2.75) is 25.8 Å². The maximum atomic E-state index is 14.1. The highest BCUT2D eigenvalue weighted by Crippen LogP contribution is 2.47. The minimum Gasteiger partial charge on any atom is -0.493 e. The van der Waals surface area contributed by atoms with Gasteiger partial charge in [-0.25, -0.2) is 9.18 Å². The molecule has 0 N–H and O–H groups in total. The first-order valence-corrected chi connectivity index (χ1v) is 8.06. The highest BCUT2D eigenvalue weighted by Gasteiger charge is 2.37. The van der Waals surface area contributed by atoms with Crippen LogP contribution in [-0.2, 0) is 9.53 Å². The zero-order valence-electron chi connectivity index (χ0n) is 12.5. The lowest BCUT2D eigenvalue weighted by molar-refractivity contribution is -0.138. The first-order chi connectivity index (χ1) is 10.6. The van der Waals surface area contributed by atoms with E-state index < -0.39 is 5.82 Å². The smallest absolute Gasteiger partial charge is 0.335 e. The first-order valence-electron chi connectivity index (χ1n) is 7.27. The number of nitrogens with zero attached hydrogens (tertiary/aromatic N) is 1. The van der Waals surface area contributed by atoms with Crippen molar-refractivity contribution in [1.29, 1.82) is 0 Å². The number of carbonyl (C=O) groups is 1. The van der Waals surface area contributed by atoms with Gasteiger partial charge in [-0.15, -0.1) is 0 Å². The largest absolute Gasteiger partial charge is 0.493 e. The molecule has 3 rings (SSSR count). The molecule has 0 atom stereocenters. The van der Waals surface area contributed by atoms with E-state index in [1.165, 1.54) is 13.2 Å². The number of fused-ring (bicyclic) bond motifs is 1. The predicted octanol–water partition coefficient (Wildman–Crippen LogP) is 3.53. The van der Waals surface area contributed by atoms with E-state index in [0.717, 1.165) is 18.5 Å². The van der Waals surface area contributed by atoms with Crippen LogP contribution >= 0.6 is 15.9 Å². The lowest BCUT2D eigenvalue weighted by Crippen LogP contribution is -2.34. The van der Waals surface area contributed by atoms with Crippen LogP contribution in [0.4, 0.5) is 10.1 Å². The Morgan fingerprint density at radius 3 is 2.82 bits per heavy atom. The van der Waals surface area contributed by atoms with Crippen LogP contribution in [0.2, 0.25) is 0 Å². The topological polar surface area (TPSA) is 38.8 Å². The van der Waals surface area contributed by atoms with Gasteiger partial charge >= 0.3 is 5.97 Å². The summed E-state index contributed by atoms with van der Waals surface area (Å²) in [6.45, 7) is 2.56. The summed E-state index contributed by atoms with van der Waals surface area (Å²) in [5.74, 6) is -0.283. The van der Waals surface area contributed by atoms with Crippen molar-refractivity contribution in [3.63, 3.8) is 0 Å². The first kappa shape index (κ1) is 15.3. The van der Waals surface area contributed by atoms with E-state index in [4.69, 9.17) is 9.47 Å². The number of ether oxygens (including phenoxy) is 2.